The predicted molar refractivity (Wildman–Crippen MR) is 105 cm³/mol. The Morgan fingerprint density at radius 2 is 1.86 bits per heavy atom. The number of nitrogens with zero attached hydrogens (tertiary/aromatic N) is 5. The zero-order chi connectivity index (χ0) is 19.2. The van der Waals surface area contributed by atoms with Crippen LogP contribution in [0.4, 0.5) is 5.95 Å². The fraction of sp³-hybridized carbons (Fsp3) is 0.250. The van der Waals surface area contributed by atoms with Crippen molar-refractivity contribution >= 4 is 17.5 Å². The van der Waals surface area contributed by atoms with E-state index < -0.39 is 0 Å². The molecule has 4 aromatic rings. The molecule has 3 heterocycles. The van der Waals surface area contributed by atoms with Crippen LogP contribution in [0.3, 0.4) is 0 Å². The standard InChI is InChI=1S/C20H21N7O/c28-19(11-6-10-18-25-24-17-9-4-5-14-27(17)18)22-20-21-16(23-26-20)13-12-15-7-2-1-3-8-15/h1-5,7-9,14H,6,10-13H2,(H2,21,22,23,26,28). The van der Waals surface area contributed by atoms with Crippen molar-refractivity contribution in [1.29, 1.82) is 0 Å². The summed E-state index contributed by atoms with van der Waals surface area (Å²) in [5.41, 5.74) is 2.05. The molecule has 0 saturated heterocycles. The molecule has 4 rings (SSSR count). The van der Waals surface area contributed by atoms with E-state index in [-0.39, 0.29) is 5.91 Å². The molecule has 0 radical (unpaired) electrons. The minimum Gasteiger partial charge on any atom is -0.293 e. The Labute approximate surface area is 162 Å². The molecule has 8 nitrogen and oxygen atoms in total. The zero-order valence-electron chi connectivity index (χ0n) is 15.4. The molecule has 1 aromatic carbocycles. The maximum Gasteiger partial charge on any atom is 0.248 e. The van der Waals surface area contributed by atoms with Crippen molar-refractivity contribution in [1.82, 2.24) is 29.8 Å². The van der Waals surface area contributed by atoms with Crippen LogP contribution in [-0.4, -0.2) is 35.7 Å². The van der Waals surface area contributed by atoms with Gasteiger partial charge in [-0.1, -0.05) is 36.4 Å². The molecule has 0 saturated carbocycles. The van der Waals surface area contributed by atoms with Gasteiger partial charge in [0.2, 0.25) is 11.9 Å². The van der Waals surface area contributed by atoms with Gasteiger partial charge in [0.25, 0.3) is 0 Å². The Balaban J connectivity index is 1.23. The van der Waals surface area contributed by atoms with Crippen LogP contribution in [0.2, 0.25) is 0 Å². The van der Waals surface area contributed by atoms with E-state index >= 15 is 0 Å². The number of hydrogen-bond acceptors (Lipinski definition) is 5. The molecule has 0 aliphatic carbocycles. The third kappa shape index (κ3) is 4.40. The Morgan fingerprint density at radius 3 is 2.75 bits per heavy atom. The Hall–Kier alpha value is -3.55. The van der Waals surface area contributed by atoms with E-state index in [0.717, 1.165) is 30.1 Å². The molecule has 142 valence electrons. The minimum absolute atomic E-state index is 0.109. The lowest BCUT2D eigenvalue weighted by atomic mass is 10.1. The predicted octanol–water partition coefficient (Wildman–Crippen LogP) is 2.59. The van der Waals surface area contributed by atoms with Crippen LogP contribution in [0.5, 0.6) is 0 Å². The highest BCUT2D eigenvalue weighted by atomic mass is 16.1. The second-order valence-corrected chi connectivity index (χ2v) is 6.54. The largest absolute Gasteiger partial charge is 0.293 e. The molecule has 0 atom stereocenters. The van der Waals surface area contributed by atoms with E-state index in [1.807, 2.05) is 47.0 Å². The molecule has 0 aliphatic heterocycles. The van der Waals surface area contributed by atoms with E-state index in [2.05, 4.69) is 42.8 Å². The van der Waals surface area contributed by atoms with Gasteiger partial charge in [-0.05, 0) is 30.5 Å². The van der Waals surface area contributed by atoms with E-state index in [4.69, 9.17) is 0 Å². The van der Waals surface area contributed by atoms with Gasteiger partial charge < -0.3 is 0 Å². The smallest absolute Gasteiger partial charge is 0.248 e. The number of aromatic nitrogens is 6. The van der Waals surface area contributed by atoms with Crippen molar-refractivity contribution in [2.24, 2.45) is 0 Å². The number of anilines is 1. The molecule has 0 bridgehead atoms. The van der Waals surface area contributed by atoms with E-state index in [0.29, 0.717) is 25.2 Å². The number of H-pyrrole nitrogens is 1. The maximum absolute atomic E-state index is 12.1. The van der Waals surface area contributed by atoms with E-state index in [1.165, 1.54) is 5.56 Å². The number of aryl methyl sites for hydroxylation is 3. The molecule has 2 N–H and O–H groups in total. The summed E-state index contributed by atoms with van der Waals surface area (Å²) in [6.45, 7) is 0. The van der Waals surface area contributed by atoms with Crippen molar-refractivity contribution in [3.05, 3.63) is 71.9 Å². The van der Waals surface area contributed by atoms with Gasteiger partial charge in [0.05, 0.1) is 0 Å². The third-order valence-corrected chi connectivity index (χ3v) is 4.46. The Morgan fingerprint density at radius 1 is 1.00 bits per heavy atom. The molecule has 1 amide bonds. The molecule has 0 spiro atoms. The van der Waals surface area contributed by atoms with Crippen molar-refractivity contribution in [2.75, 3.05) is 5.32 Å². The number of nitrogens with one attached hydrogen (secondary N) is 2. The number of aromatic amines is 1. The van der Waals surface area contributed by atoms with Gasteiger partial charge in [-0.3, -0.25) is 19.6 Å². The van der Waals surface area contributed by atoms with Gasteiger partial charge in [-0.25, -0.2) is 0 Å². The first kappa shape index (κ1) is 17.8. The quantitative estimate of drug-likeness (QED) is 0.493. The first-order valence-corrected chi connectivity index (χ1v) is 9.31. The number of fused-ring (bicyclic) bond motifs is 1. The third-order valence-electron chi connectivity index (χ3n) is 4.46. The maximum atomic E-state index is 12.1. The molecule has 0 aliphatic rings. The lowest BCUT2D eigenvalue weighted by Gasteiger charge is -2.01. The summed E-state index contributed by atoms with van der Waals surface area (Å²) in [5, 5.41) is 18.0. The SMILES string of the molecule is O=C(CCCc1nnc2ccccn12)Nc1n[nH]c(CCc2ccccc2)n1. The summed E-state index contributed by atoms with van der Waals surface area (Å²) in [6, 6.07) is 16.0. The molecular formula is C20H21N7O. The number of hydrogen-bond donors (Lipinski definition) is 2. The number of rotatable bonds is 8. The Bertz CT molecular complexity index is 1050. The molecule has 3 aromatic heterocycles. The lowest BCUT2D eigenvalue weighted by molar-refractivity contribution is -0.116. The van der Waals surface area contributed by atoms with Gasteiger partial charge in [-0.2, -0.15) is 4.98 Å². The Kier molecular flexibility index (Phi) is 5.37. The van der Waals surface area contributed by atoms with Gasteiger partial charge in [0.15, 0.2) is 5.65 Å². The lowest BCUT2D eigenvalue weighted by Crippen LogP contribution is -2.13. The van der Waals surface area contributed by atoms with Crippen LogP contribution in [0.25, 0.3) is 5.65 Å². The first-order chi connectivity index (χ1) is 13.8. The van der Waals surface area contributed by atoms with Gasteiger partial charge in [0.1, 0.15) is 11.6 Å². The second-order valence-electron chi connectivity index (χ2n) is 6.54. The van der Waals surface area contributed by atoms with Crippen molar-refractivity contribution in [3.63, 3.8) is 0 Å². The fourth-order valence-corrected chi connectivity index (χ4v) is 3.03. The summed E-state index contributed by atoms with van der Waals surface area (Å²) >= 11 is 0. The van der Waals surface area contributed by atoms with Gasteiger partial charge >= 0.3 is 0 Å². The number of benzene rings is 1. The number of pyridine rings is 1. The molecule has 28 heavy (non-hydrogen) atoms. The van der Waals surface area contributed by atoms with Crippen molar-refractivity contribution in [3.8, 4) is 0 Å². The van der Waals surface area contributed by atoms with Crippen LogP contribution in [-0.2, 0) is 24.1 Å². The normalized spacial score (nSPS) is 11.0. The molecule has 0 fully saturated rings. The number of amides is 1. The van der Waals surface area contributed by atoms with Gasteiger partial charge in [-0.15, -0.1) is 15.3 Å². The second kappa shape index (κ2) is 8.43. The van der Waals surface area contributed by atoms with Crippen LogP contribution in [0.1, 0.15) is 30.1 Å². The van der Waals surface area contributed by atoms with Crippen LogP contribution < -0.4 is 5.32 Å². The van der Waals surface area contributed by atoms with Gasteiger partial charge in [0, 0.05) is 25.5 Å². The fourth-order valence-electron chi connectivity index (χ4n) is 3.03. The van der Waals surface area contributed by atoms with E-state index in [9.17, 15) is 4.79 Å². The van der Waals surface area contributed by atoms with E-state index in [1.54, 1.807) is 0 Å². The van der Waals surface area contributed by atoms with Crippen LogP contribution >= 0.6 is 0 Å². The zero-order valence-corrected chi connectivity index (χ0v) is 15.4. The summed E-state index contributed by atoms with van der Waals surface area (Å²) in [4.78, 5) is 16.5. The van der Waals surface area contributed by atoms with Crippen molar-refractivity contribution in [2.45, 2.75) is 32.1 Å². The molecule has 0 unspecified atom stereocenters. The highest BCUT2D eigenvalue weighted by Crippen LogP contribution is 2.08. The summed E-state index contributed by atoms with van der Waals surface area (Å²) in [7, 11) is 0. The average molecular weight is 375 g/mol. The highest BCUT2D eigenvalue weighted by molar-refractivity contribution is 5.88. The minimum atomic E-state index is -0.109. The van der Waals surface area contributed by atoms with Crippen LogP contribution in [0, 0.1) is 0 Å². The summed E-state index contributed by atoms with van der Waals surface area (Å²) < 4.78 is 1.94. The molecular weight excluding hydrogens is 354 g/mol. The summed E-state index contributed by atoms with van der Waals surface area (Å²) in [6.07, 6.45) is 5.26. The highest BCUT2D eigenvalue weighted by Gasteiger charge is 2.10. The topological polar surface area (TPSA) is 101 Å². The average Bonchev–Trinajstić information content (AvgIpc) is 3.34. The van der Waals surface area contributed by atoms with Crippen molar-refractivity contribution < 1.29 is 4.79 Å². The van der Waals surface area contributed by atoms with Crippen LogP contribution in [0.15, 0.2) is 54.7 Å². The number of carbonyl (C=O) groups excluding carboxylic acids is 1. The number of carbonyl (C=O) groups is 1. The summed E-state index contributed by atoms with van der Waals surface area (Å²) in [5.74, 6) is 1.82. The monoisotopic (exact) mass is 375 g/mol. The first-order valence-electron chi connectivity index (χ1n) is 9.31. The molecule has 8 heteroatoms.